The third-order valence-corrected chi connectivity index (χ3v) is 4.98. The molecule has 0 fully saturated rings. The minimum Gasteiger partial charge on any atom is -0.457 e. The van der Waals surface area contributed by atoms with Gasteiger partial charge < -0.3 is 20.8 Å². The Morgan fingerprint density at radius 1 is 0.882 bits per heavy atom. The van der Waals surface area contributed by atoms with Crippen LogP contribution in [-0.2, 0) is 6.18 Å². The van der Waals surface area contributed by atoms with Gasteiger partial charge in [0.1, 0.15) is 23.0 Å². The fraction of sp³-hybridized carbons (Fsp3) is 0.0417. The van der Waals surface area contributed by atoms with Crippen LogP contribution >= 0.6 is 0 Å². The maximum absolute atomic E-state index is 12.8. The Morgan fingerprint density at radius 2 is 1.71 bits per heavy atom. The van der Waals surface area contributed by atoms with Crippen molar-refractivity contribution < 1.29 is 17.9 Å². The quantitative estimate of drug-likeness (QED) is 0.289. The number of hydrogen-bond acceptors (Lipinski definition) is 6. The summed E-state index contributed by atoms with van der Waals surface area (Å²) in [4.78, 5) is 15.0. The molecule has 7 nitrogen and oxygen atoms in total. The molecule has 3 heterocycles. The number of ether oxygens (including phenoxy) is 1. The standard InChI is InChI=1S/C24H17F3N6O/c25-24(26,27)21-12-18(8-10-30-21)34-17-4-2-16(3-5-17)31-22-13-20(32-23(28)33-22)14-1-6-19-15(11-14)7-9-29-19/h1-13,29H,(H3,28,31,32,33). The number of H-pyrrole nitrogens is 1. The van der Waals surface area contributed by atoms with E-state index in [0.717, 1.165) is 28.7 Å². The molecule has 34 heavy (non-hydrogen) atoms. The smallest absolute Gasteiger partial charge is 0.433 e. The maximum Gasteiger partial charge on any atom is 0.433 e. The number of nitrogen functional groups attached to an aromatic ring is 1. The van der Waals surface area contributed by atoms with Gasteiger partial charge in [-0.25, -0.2) is 4.98 Å². The number of halogens is 3. The number of nitrogens with zero attached hydrogens (tertiary/aromatic N) is 3. The van der Waals surface area contributed by atoms with Crippen molar-refractivity contribution in [2.24, 2.45) is 0 Å². The molecule has 10 heteroatoms. The van der Waals surface area contributed by atoms with Gasteiger partial charge in [-0.3, -0.25) is 4.98 Å². The second-order valence-electron chi connectivity index (χ2n) is 7.40. The zero-order valence-corrected chi connectivity index (χ0v) is 17.5. The lowest BCUT2D eigenvalue weighted by Crippen LogP contribution is -2.07. The molecule has 0 aliphatic heterocycles. The summed E-state index contributed by atoms with van der Waals surface area (Å²) < 4.78 is 44.0. The first kappa shape index (κ1) is 21.3. The zero-order chi connectivity index (χ0) is 23.7. The number of nitrogens with one attached hydrogen (secondary N) is 2. The van der Waals surface area contributed by atoms with Gasteiger partial charge in [-0.15, -0.1) is 0 Å². The van der Waals surface area contributed by atoms with Crippen LogP contribution in [0.1, 0.15) is 5.69 Å². The van der Waals surface area contributed by atoms with E-state index in [0.29, 0.717) is 22.9 Å². The highest BCUT2D eigenvalue weighted by atomic mass is 19.4. The molecule has 3 aromatic heterocycles. The molecule has 0 saturated carbocycles. The number of hydrogen-bond donors (Lipinski definition) is 3. The van der Waals surface area contributed by atoms with E-state index in [2.05, 4.69) is 25.3 Å². The fourth-order valence-corrected chi connectivity index (χ4v) is 3.41. The number of nitrogens with two attached hydrogens (primary N) is 1. The molecule has 5 aromatic rings. The van der Waals surface area contributed by atoms with E-state index in [9.17, 15) is 13.2 Å². The van der Waals surface area contributed by atoms with Crippen molar-refractivity contribution in [3.8, 4) is 22.8 Å². The van der Waals surface area contributed by atoms with E-state index >= 15 is 0 Å². The van der Waals surface area contributed by atoms with E-state index in [1.54, 1.807) is 30.3 Å². The topological polar surface area (TPSA) is 102 Å². The van der Waals surface area contributed by atoms with Gasteiger partial charge in [0.25, 0.3) is 0 Å². The molecule has 170 valence electrons. The first-order valence-electron chi connectivity index (χ1n) is 10.1. The van der Waals surface area contributed by atoms with Crippen molar-refractivity contribution in [2.45, 2.75) is 6.18 Å². The highest BCUT2D eigenvalue weighted by Gasteiger charge is 2.32. The Hall–Kier alpha value is -4.60. The Kier molecular flexibility index (Phi) is 5.25. The predicted molar refractivity (Wildman–Crippen MR) is 123 cm³/mol. The van der Waals surface area contributed by atoms with E-state index in [1.807, 2.05) is 30.5 Å². The van der Waals surface area contributed by atoms with E-state index in [1.165, 1.54) is 6.07 Å². The van der Waals surface area contributed by atoms with Crippen LogP contribution in [0.4, 0.5) is 30.6 Å². The van der Waals surface area contributed by atoms with Crippen LogP contribution in [0.5, 0.6) is 11.5 Å². The number of benzene rings is 2. The monoisotopic (exact) mass is 462 g/mol. The molecule has 0 radical (unpaired) electrons. The molecule has 0 aliphatic rings. The number of fused-ring (bicyclic) bond motifs is 1. The average molecular weight is 462 g/mol. The molecular weight excluding hydrogens is 445 g/mol. The molecule has 0 aliphatic carbocycles. The van der Waals surface area contributed by atoms with Crippen molar-refractivity contribution in [1.29, 1.82) is 0 Å². The van der Waals surface area contributed by atoms with Gasteiger partial charge >= 0.3 is 6.18 Å². The second kappa shape index (κ2) is 8.39. The largest absolute Gasteiger partial charge is 0.457 e. The maximum atomic E-state index is 12.8. The molecule has 0 unspecified atom stereocenters. The van der Waals surface area contributed by atoms with Crippen LogP contribution in [0.2, 0.25) is 0 Å². The zero-order valence-electron chi connectivity index (χ0n) is 17.5. The van der Waals surface area contributed by atoms with E-state index < -0.39 is 11.9 Å². The van der Waals surface area contributed by atoms with Crippen LogP contribution in [0, 0.1) is 0 Å². The Labute approximate surface area is 191 Å². The minimum absolute atomic E-state index is 0.0376. The molecule has 0 amide bonds. The molecule has 2 aromatic carbocycles. The van der Waals surface area contributed by atoms with Gasteiger partial charge in [0.05, 0.1) is 5.69 Å². The normalized spacial score (nSPS) is 11.5. The fourth-order valence-electron chi connectivity index (χ4n) is 3.41. The van der Waals surface area contributed by atoms with Crippen LogP contribution in [0.3, 0.4) is 0 Å². The molecule has 0 saturated heterocycles. The number of aromatic nitrogens is 4. The molecule has 0 spiro atoms. The highest BCUT2D eigenvalue weighted by Crippen LogP contribution is 2.32. The van der Waals surface area contributed by atoms with Gasteiger partial charge in [0, 0.05) is 46.7 Å². The van der Waals surface area contributed by atoms with Crippen LogP contribution in [0.15, 0.2) is 79.1 Å². The molecular formula is C24H17F3N6O. The summed E-state index contributed by atoms with van der Waals surface area (Å²) in [5.41, 5.74) is 8.16. The van der Waals surface area contributed by atoms with Crippen molar-refractivity contribution in [3.63, 3.8) is 0 Å². The van der Waals surface area contributed by atoms with Crippen LogP contribution in [-0.4, -0.2) is 19.9 Å². The lowest BCUT2D eigenvalue weighted by Gasteiger charge is -2.11. The van der Waals surface area contributed by atoms with Crippen molar-refractivity contribution in [1.82, 2.24) is 19.9 Å². The Morgan fingerprint density at radius 3 is 2.50 bits per heavy atom. The first-order chi connectivity index (χ1) is 16.3. The lowest BCUT2D eigenvalue weighted by molar-refractivity contribution is -0.141. The average Bonchev–Trinajstić information content (AvgIpc) is 3.28. The van der Waals surface area contributed by atoms with Gasteiger partial charge in [0.15, 0.2) is 0 Å². The van der Waals surface area contributed by atoms with E-state index in [4.69, 9.17) is 10.5 Å². The van der Waals surface area contributed by atoms with Gasteiger partial charge in [0.2, 0.25) is 5.95 Å². The molecule has 0 atom stereocenters. The van der Waals surface area contributed by atoms with E-state index in [-0.39, 0.29) is 11.7 Å². The summed E-state index contributed by atoms with van der Waals surface area (Å²) in [6.07, 6.45) is -1.62. The Bertz CT molecular complexity index is 1460. The third kappa shape index (κ3) is 4.60. The SMILES string of the molecule is Nc1nc(Nc2ccc(Oc3ccnc(C(F)(F)F)c3)cc2)cc(-c2ccc3[nH]ccc3c2)n1. The summed E-state index contributed by atoms with van der Waals surface area (Å²) in [6.45, 7) is 0. The summed E-state index contributed by atoms with van der Waals surface area (Å²) in [5, 5.41) is 4.21. The number of alkyl halides is 3. The predicted octanol–water partition coefficient (Wildman–Crippen LogP) is 6.16. The van der Waals surface area contributed by atoms with Crippen molar-refractivity contribution in [2.75, 3.05) is 11.1 Å². The summed E-state index contributed by atoms with van der Waals surface area (Å²) in [6, 6.07) is 18.6. The van der Waals surface area contributed by atoms with Crippen LogP contribution < -0.4 is 15.8 Å². The number of rotatable bonds is 5. The van der Waals surface area contributed by atoms with Gasteiger partial charge in [-0.05, 0) is 48.5 Å². The lowest BCUT2D eigenvalue weighted by atomic mass is 10.1. The number of aromatic amines is 1. The minimum atomic E-state index is -4.54. The number of pyridine rings is 1. The molecule has 4 N–H and O–H groups in total. The molecule has 0 bridgehead atoms. The van der Waals surface area contributed by atoms with Crippen molar-refractivity contribution >= 4 is 28.4 Å². The third-order valence-electron chi connectivity index (χ3n) is 4.98. The van der Waals surface area contributed by atoms with Crippen LogP contribution in [0.25, 0.3) is 22.2 Å². The number of anilines is 3. The van der Waals surface area contributed by atoms with Crippen molar-refractivity contribution in [3.05, 3.63) is 84.8 Å². The van der Waals surface area contributed by atoms with Gasteiger partial charge in [-0.1, -0.05) is 6.07 Å². The molecule has 5 rings (SSSR count). The first-order valence-corrected chi connectivity index (χ1v) is 10.1. The summed E-state index contributed by atoms with van der Waals surface area (Å²) in [7, 11) is 0. The summed E-state index contributed by atoms with van der Waals surface area (Å²) >= 11 is 0. The Balaban J connectivity index is 1.33. The van der Waals surface area contributed by atoms with Gasteiger partial charge in [-0.2, -0.15) is 18.2 Å². The summed E-state index contributed by atoms with van der Waals surface area (Å²) in [5.74, 6) is 1.02. The highest BCUT2D eigenvalue weighted by molar-refractivity contribution is 5.84. The second-order valence-corrected chi connectivity index (χ2v) is 7.40.